The van der Waals surface area contributed by atoms with Gasteiger partial charge in [0.15, 0.2) is 5.43 Å². The smallest absolute Gasteiger partial charge is 0.279 e. The van der Waals surface area contributed by atoms with Gasteiger partial charge in [0.25, 0.3) is 6.43 Å². The predicted octanol–water partition coefficient (Wildman–Crippen LogP) is 2.14. The second-order valence-electron chi connectivity index (χ2n) is 2.52. The molecule has 0 unspecified atom stereocenters. The SMILES string of the molecule is N#CCc1cc(=O)c(Br)c(C(F)F)[nH]1. The van der Waals surface area contributed by atoms with Crippen molar-refractivity contribution >= 4 is 15.9 Å². The molecule has 0 radical (unpaired) electrons. The number of nitrogens with zero attached hydrogens (tertiary/aromatic N) is 1. The lowest BCUT2D eigenvalue weighted by atomic mass is 10.2. The van der Waals surface area contributed by atoms with Gasteiger partial charge in [-0.05, 0) is 15.9 Å². The molecule has 0 fully saturated rings. The predicted molar refractivity (Wildman–Crippen MR) is 49.0 cm³/mol. The average Bonchev–Trinajstić information content (AvgIpc) is 2.11. The summed E-state index contributed by atoms with van der Waals surface area (Å²) in [5.41, 5.74) is -0.844. The Morgan fingerprint density at radius 3 is 2.79 bits per heavy atom. The molecular weight excluding hydrogens is 258 g/mol. The first kappa shape index (κ1) is 10.9. The van der Waals surface area contributed by atoms with Gasteiger partial charge in [-0.25, -0.2) is 8.78 Å². The second kappa shape index (κ2) is 4.33. The van der Waals surface area contributed by atoms with Gasteiger partial charge in [-0.1, -0.05) is 0 Å². The highest BCUT2D eigenvalue weighted by molar-refractivity contribution is 9.10. The van der Waals surface area contributed by atoms with Crippen LogP contribution in [0.2, 0.25) is 0 Å². The molecule has 1 aromatic rings. The van der Waals surface area contributed by atoms with Crippen LogP contribution in [0.3, 0.4) is 0 Å². The van der Waals surface area contributed by atoms with Crippen LogP contribution in [0.5, 0.6) is 0 Å². The molecule has 0 bridgehead atoms. The van der Waals surface area contributed by atoms with E-state index in [0.29, 0.717) is 0 Å². The number of halogens is 3. The summed E-state index contributed by atoms with van der Waals surface area (Å²) in [6, 6.07) is 2.89. The Bertz CT molecular complexity index is 436. The number of nitrogens with one attached hydrogen (secondary N) is 1. The summed E-state index contributed by atoms with van der Waals surface area (Å²) in [5.74, 6) is 0. The van der Waals surface area contributed by atoms with Gasteiger partial charge >= 0.3 is 0 Å². The van der Waals surface area contributed by atoms with Crippen LogP contribution in [-0.2, 0) is 6.42 Å². The zero-order valence-electron chi connectivity index (χ0n) is 6.85. The molecule has 0 aliphatic heterocycles. The summed E-state index contributed by atoms with van der Waals surface area (Å²) in [6.45, 7) is 0. The van der Waals surface area contributed by atoms with Crippen LogP contribution in [0.1, 0.15) is 17.8 Å². The molecule has 0 aliphatic carbocycles. The number of rotatable bonds is 2. The first-order chi connectivity index (χ1) is 6.56. The molecule has 0 saturated carbocycles. The first-order valence-corrected chi connectivity index (χ1v) is 4.42. The molecule has 1 N–H and O–H groups in total. The highest BCUT2D eigenvalue weighted by Crippen LogP contribution is 2.22. The fourth-order valence-electron chi connectivity index (χ4n) is 0.949. The Morgan fingerprint density at radius 2 is 2.29 bits per heavy atom. The molecular formula is C8H5BrF2N2O. The summed E-state index contributed by atoms with van der Waals surface area (Å²) in [6.07, 6.45) is -2.86. The van der Waals surface area contributed by atoms with E-state index in [9.17, 15) is 13.6 Å². The van der Waals surface area contributed by atoms with Gasteiger partial charge in [-0.15, -0.1) is 0 Å². The zero-order chi connectivity index (χ0) is 10.7. The van der Waals surface area contributed by atoms with Crippen LogP contribution >= 0.6 is 15.9 Å². The minimum atomic E-state index is -2.77. The number of hydrogen-bond donors (Lipinski definition) is 1. The van der Waals surface area contributed by atoms with Crippen LogP contribution in [-0.4, -0.2) is 4.98 Å². The number of hydrogen-bond acceptors (Lipinski definition) is 2. The molecule has 1 heterocycles. The average molecular weight is 263 g/mol. The molecule has 74 valence electrons. The maximum atomic E-state index is 12.3. The van der Waals surface area contributed by atoms with E-state index in [4.69, 9.17) is 5.26 Å². The van der Waals surface area contributed by atoms with Crippen LogP contribution in [0.15, 0.2) is 15.3 Å². The molecule has 0 saturated heterocycles. The lowest BCUT2D eigenvalue weighted by Crippen LogP contribution is -2.10. The highest BCUT2D eigenvalue weighted by Gasteiger charge is 2.15. The quantitative estimate of drug-likeness (QED) is 0.888. The van der Waals surface area contributed by atoms with Gasteiger partial charge in [0.1, 0.15) is 5.69 Å². The van der Waals surface area contributed by atoms with Crippen LogP contribution in [0, 0.1) is 11.3 Å². The molecule has 3 nitrogen and oxygen atoms in total. The van der Waals surface area contributed by atoms with Gasteiger partial charge in [0, 0.05) is 11.8 Å². The third-order valence-corrected chi connectivity index (χ3v) is 2.36. The van der Waals surface area contributed by atoms with Crippen molar-refractivity contribution in [3.05, 3.63) is 32.2 Å². The summed E-state index contributed by atoms with van der Waals surface area (Å²) in [7, 11) is 0. The number of aromatic nitrogens is 1. The van der Waals surface area contributed by atoms with Gasteiger partial charge < -0.3 is 4.98 Å². The summed E-state index contributed by atoms with van der Waals surface area (Å²) < 4.78 is 24.5. The fraction of sp³-hybridized carbons (Fsp3) is 0.250. The normalized spacial score (nSPS) is 10.2. The summed E-state index contributed by atoms with van der Waals surface area (Å²) in [4.78, 5) is 13.5. The number of H-pyrrole nitrogens is 1. The monoisotopic (exact) mass is 262 g/mol. The lowest BCUT2D eigenvalue weighted by molar-refractivity contribution is 0.144. The zero-order valence-corrected chi connectivity index (χ0v) is 8.44. The van der Waals surface area contributed by atoms with Crippen LogP contribution < -0.4 is 5.43 Å². The van der Waals surface area contributed by atoms with Crippen molar-refractivity contribution < 1.29 is 8.78 Å². The number of pyridine rings is 1. The summed E-state index contributed by atoms with van der Waals surface area (Å²) >= 11 is 2.76. The third-order valence-electron chi connectivity index (χ3n) is 1.54. The van der Waals surface area contributed by atoms with E-state index < -0.39 is 17.5 Å². The Hall–Kier alpha value is -1.22. The molecule has 1 rings (SSSR count). The van der Waals surface area contributed by atoms with Gasteiger partial charge in [-0.3, -0.25) is 4.79 Å². The van der Waals surface area contributed by atoms with E-state index in [0.717, 1.165) is 6.07 Å². The summed E-state index contributed by atoms with van der Waals surface area (Å²) in [5, 5.41) is 8.34. The lowest BCUT2D eigenvalue weighted by Gasteiger charge is -2.04. The van der Waals surface area contributed by atoms with Gasteiger partial charge in [0.2, 0.25) is 0 Å². The largest absolute Gasteiger partial charge is 0.356 e. The molecule has 1 aromatic heterocycles. The van der Waals surface area contributed by atoms with Crippen molar-refractivity contribution in [2.24, 2.45) is 0 Å². The number of aromatic amines is 1. The van der Waals surface area contributed by atoms with Crippen molar-refractivity contribution in [3.63, 3.8) is 0 Å². The Labute approximate surface area is 86.5 Å². The topological polar surface area (TPSA) is 56.6 Å². The van der Waals surface area contributed by atoms with Crippen LogP contribution in [0.25, 0.3) is 0 Å². The molecule has 0 aromatic carbocycles. The van der Waals surface area contributed by atoms with E-state index in [1.807, 2.05) is 0 Å². The molecule has 0 spiro atoms. The van der Waals surface area contributed by atoms with Crippen molar-refractivity contribution in [3.8, 4) is 6.07 Å². The Balaban J connectivity index is 3.30. The van der Waals surface area contributed by atoms with Gasteiger partial charge in [-0.2, -0.15) is 5.26 Å². The van der Waals surface area contributed by atoms with E-state index in [1.54, 1.807) is 6.07 Å². The second-order valence-corrected chi connectivity index (χ2v) is 3.32. The maximum absolute atomic E-state index is 12.3. The molecule has 0 aliphatic rings. The Morgan fingerprint density at radius 1 is 1.64 bits per heavy atom. The Kier molecular flexibility index (Phi) is 3.36. The number of alkyl halides is 2. The number of nitriles is 1. The third kappa shape index (κ3) is 2.17. The molecule has 0 atom stereocenters. The standard InChI is InChI=1S/C8H5BrF2N2O/c9-6-5(14)3-4(1-2-12)13-7(6)8(10)11/h3,8H,1H2,(H,13,14). The minimum Gasteiger partial charge on any atom is -0.356 e. The highest BCUT2D eigenvalue weighted by atomic mass is 79.9. The van der Waals surface area contributed by atoms with Crippen molar-refractivity contribution in [1.29, 1.82) is 5.26 Å². The molecule has 14 heavy (non-hydrogen) atoms. The van der Waals surface area contributed by atoms with Crippen molar-refractivity contribution in [2.45, 2.75) is 12.8 Å². The van der Waals surface area contributed by atoms with Crippen LogP contribution in [0.4, 0.5) is 8.78 Å². The first-order valence-electron chi connectivity index (χ1n) is 3.63. The fourth-order valence-corrected chi connectivity index (χ4v) is 1.34. The van der Waals surface area contributed by atoms with Gasteiger partial charge in [0.05, 0.1) is 17.0 Å². The van der Waals surface area contributed by atoms with E-state index in [1.165, 1.54) is 0 Å². The molecule has 6 heteroatoms. The maximum Gasteiger partial charge on any atom is 0.279 e. The minimum absolute atomic E-state index is 0.0950. The van der Waals surface area contributed by atoms with E-state index in [2.05, 4.69) is 20.9 Å². The van der Waals surface area contributed by atoms with Crippen molar-refractivity contribution in [1.82, 2.24) is 4.98 Å². The molecule has 0 amide bonds. The van der Waals surface area contributed by atoms with E-state index in [-0.39, 0.29) is 16.6 Å². The van der Waals surface area contributed by atoms with E-state index >= 15 is 0 Å². The van der Waals surface area contributed by atoms with Crippen molar-refractivity contribution in [2.75, 3.05) is 0 Å².